The third-order valence-corrected chi connectivity index (χ3v) is 13.2. The molecule has 1 saturated heterocycles. The maximum atomic E-state index is 12.7. The van der Waals surface area contributed by atoms with Gasteiger partial charge in [-0.1, -0.05) is 142 Å². The van der Waals surface area contributed by atoms with Crippen LogP contribution in [0.5, 0.6) is 0 Å². The van der Waals surface area contributed by atoms with Crippen molar-refractivity contribution in [2.24, 2.45) is 5.28 Å². The number of carbonyl (C=O) groups is 2. The normalized spacial score (nSPS) is 17.8. The van der Waals surface area contributed by atoms with Crippen LogP contribution in [0.1, 0.15) is 186 Å². The number of aryl methyl sites for hydroxylation is 1. The second-order valence-corrected chi connectivity index (χ2v) is 19.2. The van der Waals surface area contributed by atoms with Crippen LogP contribution in [0.2, 0.25) is 0 Å². The molecule has 2 unspecified atom stereocenters. The van der Waals surface area contributed by atoms with E-state index >= 15 is 0 Å². The number of nitrogens with one attached hydrogen (secondary N) is 1. The van der Waals surface area contributed by atoms with Gasteiger partial charge in [0.25, 0.3) is 5.56 Å². The number of Topliss-reactive ketones (excluding diaryl/α,β-unsaturated/α-hetero) is 2. The second-order valence-electron chi connectivity index (χ2n) is 16.4. The van der Waals surface area contributed by atoms with Crippen molar-refractivity contribution < 1.29 is 67.1 Å². The number of unbranched alkanes of at least 4 members (excludes halogenated alkanes) is 20. The lowest BCUT2D eigenvalue weighted by Gasteiger charge is -2.29. The average Bonchev–Trinajstić information content (AvgIpc) is 3.62. The quantitative estimate of drug-likeness (QED) is 0.00648. The van der Waals surface area contributed by atoms with E-state index in [0.717, 1.165) is 43.1 Å². The fourth-order valence-corrected chi connectivity index (χ4v) is 9.12. The number of azide groups is 1. The molecule has 0 amide bonds. The minimum Gasteiger partial charge on any atom is -0.431 e. The minimum absolute atomic E-state index is 0.0641. The number of aromatic nitrogens is 2. The number of rotatable bonds is 36. The summed E-state index contributed by atoms with van der Waals surface area (Å²) in [4.78, 5) is 84.7. The smallest absolute Gasteiger partial charge is 0.431 e. The Balaban J connectivity index is 0.000000658. The Labute approximate surface area is 376 Å². The molecule has 0 bridgehead atoms. The molecule has 1 aliphatic heterocycles. The summed E-state index contributed by atoms with van der Waals surface area (Å²) in [6.45, 7) is 4.59. The molecule has 0 radical (unpaired) electrons. The summed E-state index contributed by atoms with van der Waals surface area (Å²) in [7, 11) is -10.6. The van der Waals surface area contributed by atoms with Gasteiger partial charge < -0.3 is 39.6 Å². The van der Waals surface area contributed by atoms with E-state index in [-0.39, 0.29) is 24.8 Å². The van der Waals surface area contributed by atoms with Crippen LogP contribution in [-0.2, 0) is 37.1 Å². The zero-order chi connectivity index (χ0) is 48.0. The number of aromatic amines is 1. The van der Waals surface area contributed by atoms with Gasteiger partial charge in [-0.3, -0.25) is 28.5 Å². The molecular weight excluding hydrogens is 880 g/mol. The number of aliphatic hydroxyl groups is 3. The van der Waals surface area contributed by atoms with Crippen molar-refractivity contribution in [3.8, 4) is 0 Å². The first-order valence-electron chi connectivity index (χ1n) is 22.9. The zero-order valence-corrected chi connectivity index (χ0v) is 39.7. The lowest BCUT2D eigenvalue weighted by atomic mass is 9.82. The number of ketones is 2. The lowest BCUT2D eigenvalue weighted by Crippen LogP contribution is -2.57. The summed E-state index contributed by atoms with van der Waals surface area (Å²) < 4.78 is 37.5. The van der Waals surface area contributed by atoms with Gasteiger partial charge >= 0.3 is 21.3 Å². The Hall–Kier alpha value is -2.77. The fraction of sp³-hybridized carbons (Fsp3) is 0.854. The molecule has 23 heteroatoms. The van der Waals surface area contributed by atoms with E-state index < -0.39 is 81.8 Å². The lowest BCUT2D eigenvalue weighted by molar-refractivity contribution is -0.166. The number of hydrogen-bond acceptors (Lipinski definition) is 14. The SMILES string of the molecule is CCCCCCCCCCCCCC(=O)C(O)(C(=O)CCCCCCCCCCCCC)C(O)CO.Cc1cn([C@H]2C[C@H](OP(=O)(O)OP(=O)(O)O)[C@@H](CON=[N+]=[N-])O2)c(=O)[nH]c1=O. The van der Waals surface area contributed by atoms with Gasteiger partial charge in [0.2, 0.25) is 5.60 Å². The molecular formula is C41H75N5O16P2. The first kappa shape index (κ1) is 59.2. The maximum absolute atomic E-state index is 12.7. The first-order chi connectivity index (χ1) is 30.4. The largest absolute Gasteiger partial charge is 0.481 e. The van der Waals surface area contributed by atoms with Gasteiger partial charge in [0, 0.05) is 35.9 Å². The zero-order valence-electron chi connectivity index (χ0n) is 37.9. The number of phosphoric acid groups is 2. The van der Waals surface area contributed by atoms with E-state index in [2.05, 4.69) is 33.2 Å². The van der Waals surface area contributed by atoms with Gasteiger partial charge in [0.15, 0.2) is 11.6 Å². The Morgan fingerprint density at radius 1 is 0.859 bits per heavy atom. The van der Waals surface area contributed by atoms with Gasteiger partial charge in [0.05, 0.1) is 6.61 Å². The van der Waals surface area contributed by atoms with Gasteiger partial charge in [-0.2, -0.15) is 4.31 Å². The number of nitrogens with zero attached hydrogens (tertiary/aromatic N) is 4. The van der Waals surface area contributed by atoms with Crippen molar-refractivity contribution in [2.45, 2.75) is 211 Å². The molecule has 1 fully saturated rings. The summed E-state index contributed by atoms with van der Waals surface area (Å²) >= 11 is 0. The molecule has 21 nitrogen and oxygen atoms in total. The van der Waals surface area contributed by atoms with Crippen molar-refractivity contribution in [1.82, 2.24) is 9.55 Å². The van der Waals surface area contributed by atoms with E-state index in [0.29, 0.717) is 12.8 Å². The standard InChI is InChI=1S/C31H60O5.C10H15N5O11P2/c1-3-5-7-9-11-13-15-17-19-21-23-25-28(33)31(36,30(35)27-32)29(34)26-24-22-20-18-16-14-12-10-8-6-4-2;1-5-3-15(10(17)12-9(5)16)8-2-6(7(24-8)4-23-14-13-11)25-28(21,22)26-27(18,19)20/h30,32,35-36H,3-27H2,1-2H3;3,6-8H,2,4H2,1H3,(H,21,22)(H,12,16,17)(H2,18,19,20)/t;6-,7+,8+/m.0/s1. The highest BCUT2D eigenvalue weighted by Gasteiger charge is 2.48. The molecule has 0 spiro atoms. The maximum Gasteiger partial charge on any atom is 0.481 e. The Bertz CT molecular complexity index is 1710. The van der Waals surface area contributed by atoms with Gasteiger partial charge in [-0.15, -0.1) is 0 Å². The molecule has 1 aromatic heterocycles. The van der Waals surface area contributed by atoms with E-state index in [1.807, 2.05) is 4.98 Å². The molecule has 0 aromatic carbocycles. The summed E-state index contributed by atoms with van der Waals surface area (Å²) in [6, 6.07) is 0. The van der Waals surface area contributed by atoms with Crippen LogP contribution in [-0.4, -0.2) is 88.2 Å². The monoisotopic (exact) mass is 955 g/mol. The Kier molecular flexibility index (Phi) is 30.4. The number of hydrogen-bond donors (Lipinski definition) is 7. The Morgan fingerprint density at radius 2 is 1.30 bits per heavy atom. The summed E-state index contributed by atoms with van der Waals surface area (Å²) in [6.07, 6.45) is 21.0. The average molecular weight is 956 g/mol. The molecule has 2 rings (SSSR count). The summed E-state index contributed by atoms with van der Waals surface area (Å²) in [5.74, 6) is -1.29. The van der Waals surface area contributed by atoms with Crippen molar-refractivity contribution >= 4 is 27.2 Å². The summed E-state index contributed by atoms with van der Waals surface area (Å²) in [5.41, 5.74) is 4.48. The van der Waals surface area contributed by atoms with Crippen LogP contribution < -0.4 is 11.2 Å². The van der Waals surface area contributed by atoms with Crippen molar-refractivity contribution in [3.63, 3.8) is 0 Å². The van der Waals surface area contributed by atoms with E-state index in [1.54, 1.807) is 0 Å². The minimum atomic E-state index is -5.35. The number of H-pyrrole nitrogens is 1. The molecule has 0 aliphatic carbocycles. The molecule has 5 atom stereocenters. The molecule has 1 aliphatic rings. The fourth-order valence-electron chi connectivity index (χ4n) is 7.33. The van der Waals surface area contributed by atoms with E-state index in [9.17, 15) is 48.5 Å². The van der Waals surface area contributed by atoms with Crippen LogP contribution in [0.3, 0.4) is 0 Å². The molecule has 64 heavy (non-hydrogen) atoms. The molecule has 7 N–H and O–H groups in total. The predicted octanol–water partition coefficient (Wildman–Crippen LogP) is 7.58. The van der Waals surface area contributed by atoms with Crippen LogP contribution in [0.25, 0.3) is 10.4 Å². The van der Waals surface area contributed by atoms with Crippen molar-refractivity contribution in [2.75, 3.05) is 13.2 Å². The number of ether oxygens (including phenoxy) is 1. The highest BCUT2D eigenvalue weighted by atomic mass is 31.3. The van der Waals surface area contributed by atoms with Crippen LogP contribution in [0.15, 0.2) is 21.1 Å². The van der Waals surface area contributed by atoms with E-state index in [1.165, 1.54) is 103 Å². The highest BCUT2D eigenvalue weighted by Crippen LogP contribution is 2.59. The van der Waals surface area contributed by atoms with Crippen molar-refractivity contribution in [3.05, 3.63) is 43.0 Å². The number of carbonyl (C=O) groups excluding carboxylic acids is 2. The van der Waals surface area contributed by atoms with Gasteiger partial charge in [-0.25, -0.2) is 13.9 Å². The van der Waals surface area contributed by atoms with Crippen LogP contribution in [0.4, 0.5) is 0 Å². The highest BCUT2D eigenvalue weighted by molar-refractivity contribution is 7.60. The number of aliphatic hydroxyl groups excluding tert-OH is 2. The first-order valence-corrected chi connectivity index (χ1v) is 25.9. The van der Waals surface area contributed by atoms with Gasteiger partial charge in [-0.05, 0) is 25.3 Å². The van der Waals surface area contributed by atoms with Crippen LogP contribution in [0, 0.1) is 6.92 Å². The topological polar surface area (TPSA) is 330 Å². The van der Waals surface area contributed by atoms with Crippen molar-refractivity contribution in [1.29, 1.82) is 0 Å². The second kappa shape index (κ2) is 32.8. The third kappa shape index (κ3) is 24.1. The molecule has 1 aromatic rings. The predicted molar refractivity (Wildman–Crippen MR) is 238 cm³/mol. The van der Waals surface area contributed by atoms with E-state index in [4.69, 9.17) is 24.6 Å². The summed E-state index contributed by atoms with van der Waals surface area (Å²) in [5, 5.41) is 33.1. The third-order valence-electron chi connectivity index (χ3n) is 11.0. The molecule has 2 heterocycles. The van der Waals surface area contributed by atoms with Gasteiger partial charge in [0.1, 0.15) is 36.4 Å². The molecule has 0 saturated carbocycles. The van der Waals surface area contributed by atoms with Crippen LogP contribution >= 0.6 is 15.6 Å². The number of phosphoric ester groups is 1. The Morgan fingerprint density at radius 3 is 1.70 bits per heavy atom. The molecule has 370 valence electrons.